The number of hydrogen-bond acceptors (Lipinski definition) is 2. The van der Waals surface area contributed by atoms with Crippen LogP contribution in [0.5, 0.6) is 5.75 Å². The number of aliphatic imine (C=N–C) groups is 1. The molecule has 0 amide bonds. The van der Waals surface area contributed by atoms with Gasteiger partial charge in [0.2, 0.25) is 0 Å². The fraction of sp³-hybridized carbons (Fsp3) is 0.0714. The van der Waals surface area contributed by atoms with Gasteiger partial charge in [-0.25, -0.2) is 0 Å². The van der Waals surface area contributed by atoms with Gasteiger partial charge in [0, 0.05) is 11.2 Å². The smallest absolute Gasteiger partial charge is 0.141 e. The first-order valence-electron chi connectivity index (χ1n) is 5.25. The van der Waals surface area contributed by atoms with Gasteiger partial charge in [0.15, 0.2) is 0 Å². The number of aromatic hydroxyl groups is 1. The van der Waals surface area contributed by atoms with E-state index in [1.54, 1.807) is 24.4 Å². The van der Waals surface area contributed by atoms with Crippen molar-refractivity contribution in [1.82, 2.24) is 0 Å². The van der Waals surface area contributed by atoms with Crippen molar-refractivity contribution in [3.8, 4) is 5.75 Å². The van der Waals surface area contributed by atoms with Crippen LogP contribution < -0.4 is 0 Å². The van der Waals surface area contributed by atoms with Gasteiger partial charge in [-0.05, 0) is 36.2 Å². The summed E-state index contributed by atoms with van der Waals surface area (Å²) in [5, 5.41) is 10.3. The Morgan fingerprint density at radius 1 is 1.12 bits per heavy atom. The van der Waals surface area contributed by atoms with Gasteiger partial charge in [-0.3, -0.25) is 4.99 Å². The van der Waals surface area contributed by atoms with Crippen molar-refractivity contribution in [2.45, 2.75) is 6.92 Å². The van der Waals surface area contributed by atoms with Crippen LogP contribution in [0.25, 0.3) is 0 Å². The van der Waals surface area contributed by atoms with Gasteiger partial charge in [-0.15, -0.1) is 0 Å². The largest absolute Gasteiger partial charge is 0.506 e. The minimum absolute atomic E-state index is 0.170. The Balaban J connectivity index is 2.33. The van der Waals surface area contributed by atoms with E-state index in [1.165, 1.54) is 0 Å². The normalized spacial score (nSPS) is 10.9. The first-order valence-corrected chi connectivity index (χ1v) is 5.63. The summed E-state index contributed by atoms with van der Waals surface area (Å²) in [5.74, 6) is 0.170. The van der Waals surface area contributed by atoms with Crippen molar-refractivity contribution >= 4 is 23.5 Å². The zero-order valence-corrected chi connectivity index (χ0v) is 10.1. The molecule has 1 N–H and O–H groups in total. The summed E-state index contributed by atoms with van der Waals surface area (Å²) >= 11 is 6.02. The number of halogens is 1. The van der Waals surface area contributed by atoms with Crippen molar-refractivity contribution < 1.29 is 5.11 Å². The molecule has 0 saturated heterocycles. The highest BCUT2D eigenvalue weighted by molar-refractivity contribution is 6.31. The average molecular weight is 246 g/mol. The van der Waals surface area contributed by atoms with E-state index in [0.717, 1.165) is 11.1 Å². The average Bonchev–Trinajstić information content (AvgIpc) is 2.33. The van der Waals surface area contributed by atoms with Crippen molar-refractivity contribution in [2.24, 2.45) is 4.99 Å². The highest BCUT2D eigenvalue weighted by Gasteiger charge is 2.00. The van der Waals surface area contributed by atoms with Gasteiger partial charge in [0.1, 0.15) is 11.4 Å². The molecule has 0 spiro atoms. The topological polar surface area (TPSA) is 32.6 Å². The number of hydrogen-bond donors (Lipinski definition) is 1. The van der Waals surface area contributed by atoms with E-state index in [2.05, 4.69) is 4.99 Å². The Kier molecular flexibility index (Phi) is 3.45. The van der Waals surface area contributed by atoms with Crippen LogP contribution in [0, 0.1) is 6.92 Å². The SMILES string of the molecule is Cc1c(Cl)cccc1C=Nc1ccccc1O. The van der Waals surface area contributed by atoms with Gasteiger partial charge in [0.05, 0.1) is 0 Å². The lowest BCUT2D eigenvalue weighted by atomic mass is 10.1. The van der Waals surface area contributed by atoms with Gasteiger partial charge in [-0.2, -0.15) is 0 Å². The minimum atomic E-state index is 0.170. The van der Waals surface area contributed by atoms with Gasteiger partial charge in [0.25, 0.3) is 0 Å². The molecule has 2 rings (SSSR count). The first-order chi connectivity index (χ1) is 8.18. The second-order valence-electron chi connectivity index (χ2n) is 3.70. The molecule has 0 aliphatic heterocycles. The monoisotopic (exact) mass is 245 g/mol. The van der Waals surface area contributed by atoms with Crippen LogP contribution >= 0.6 is 11.6 Å². The second-order valence-corrected chi connectivity index (χ2v) is 4.11. The highest BCUT2D eigenvalue weighted by Crippen LogP contribution is 2.25. The molecule has 2 nitrogen and oxygen atoms in total. The molecular weight excluding hydrogens is 234 g/mol. The lowest BCUT2D eigenvalue weighted by Crippen LogP contribution is -1.87. The number of rotatable bonds is 2. The molecule has 0 atom stereocenters. The molecule has 3 heteroatoms. The maximum absolute atomic E-state index is 9.57. The Morgan fingerprint density at radius 3 is 2.65 bits per heavy atom. The predicted molar refractivity (Wildman–Crippen MR) is 71.5 cm³/mol. The predicted octanol–water partition coefficient (Wildman–Crippen LogP) is 4.10. The van der Waals surface area contributed by atoms with E-state index in [1.807, 2.05) is 31.2 Å². The molecule has 86 valence electrons. The molecule has 0 fully saturated rings. The fourth-order valence-electron chi connectivity index (χ4n) is 1.48. The van der Waals surface area contributed by atoms with Crippen molar-refractivity contribution in [1.29, 1.82) is 0 Å². The Labute approximate surface area is 105 Å². The quantitative estimate of drug-likeness (QED) is 0.794. The van der Waals surface area contributed by atoms with Gasteiger partial charge in [-0.1, -0.05) is 35.9 Å². The summed E-state index contributed by atoms with van der Waals surface area (Å²) in [5.41, 5.74) is 2.47. The third-order valence-electron chi connectivity index (χ3n) is 2.53. The molecule has 0 unspecified atom stereocenters. The van der Waals surface area contributed by atoms with Gasteiger partial charge >= 0.3 is 0 Å². The molecule has 2 aromatic carbocycles. The van der Waals surface area contributed by atoms with Crippen LogP contribution in [0.1, 0.15) is 11.1 Å². The van der Waals surface area contributed by atoms with Crippen molar-refractivity contribution in [3.63, 3.8) is 0 Å². The summed E-state index contributed by atoms with van der Waals surface area (Å²) in [6, 6.07) is 12.6. The number of phenols is 1. The summed E-state index contributed by atoms with van der Waals surface area (Å²) in [6.07, 6.45) is 1.70. The third kappa shape index (κ3) is 2.66. The van der Waals surface area contributed by atoms with E-state index in [0.29, 0.717) is 10.7 Å². The van der Waals surface area contributed by atoms with Crippen molar-refractivity contribution in [3.05, 3.63) is 58.6 Å². The third-order valence-corrected chi connectivity index (χ3v) is 2.94. The molecular formula is C14H12ClNO. The van der Waals surface area contributed by atoms with E-state index in [4.69, 9.17) is 11.6 Å². The van der Waals surface area contributed by atoms with E-state index in [-0.39, 0.29) is 5.75 Å². The highest BCUT2D eigenvalue weighted by atomic mass is 35.5. The lowest BCUT2D eigenvalue weighted by molar-refractivity contribution is 0.477. The Bertz CT molecular complexity index is 564. The summed E-state index contributed by atoms with van der Waals surface area (Å²) in [4.78, 5) is 4.24. The standard InChI is InChI=1S/C14H12ClNO/c1-10-11(5-4-6-12(10)15)9-16-13-7-2-3-8-14(13)17/h2-9,17H,1H3. The summed E-state index contributed by atoms with van der Waals surface area (Å²) < 4.78 is 0. The molecule has 0 aromatic heterocycles. The van der Waals surface area contributed by atoms with E-state index in [9.17, 15) is 5.11 Å². The lowest BCUT2D eigenvalue weighted by Gasteiger charge is -2.02. The summed E-state index contributed by atoms with van der Waals surface area (Å²) in [6.45, 7) is 1.94. The fourth-order valence-corrected chi connectivity index (χ4v) is 1.66. The summed E-state index contributed by atoms with van der Waals surface area (Å²) in [7, 11) is 0. The number of benzene rings is 2. The van der Waals surface area contributed by atoms with Crippen LogP contribution in [0.3, 0.4) is 0 Å². The molecule has 0 radical (unpaired) electrons. The number of nitrogens with zero attached hydrogens (tertiary/aromatic N) is 1. The van der Waals surface area contributed by atoms with Crippen LogP contribution in [0.15, 0.2) is 47.5 Å². The number of para-hydroxylation sites is 2. The van der Waals surface area contributed by atoms with Crippen molar-refractivity contribution in [2.75, 3.05) is 0 Å². The molecule has 0 aliphatic rings. The molecule has 0 aliphatic carbocycles. The minimum Gasteiger partial charge on any atom is -0.506 e. The molecule has 0 saturated carbocycles. The number of phenolic OH excluding ortho intramolecular Hbond substituents is 1. The maximum atomic E-state index is 9.57. The maximum Gasteiger partial charge on any atom is 0.141 e. The zero-order chi connectivity index (χ0) is 12.3. The van der Waals surface area contributed by atoms with Crippen LogP contribution in [0.2, 0.25) is 5.02 Å². The van der Waals surface area contributed by atoms with E-state index < -0.39 is 0 Å². The molecule has 2 aromatic rings. The molecule has 0 heterocycles. The zero-order valence-electron chi connectivity index (χ0n) is 9.39. The van der Waals surface area contributed by atoms with Gasteiger partial charge < -0.3 is 5.11 Å². The van der Waals surface area contributed by atoms with E-state index >= 15 is 0 Å². The van der Waals surface area contributed by atoms with Crippen LogP contribution in [-0.2, 0) is 0 Å². The van der Waals surface area contributed by atoms with Crippen LogP contribution in [-0.4, -0.2) is 11.3 Å². The molecule has 17 heavy (non-hydrogen) atoms. The molecule has 0 bridgehead atoms. The van der Waals surface area contributed by atoms with Crippen LogP contribution in [0.4, 0.5) is 5.69 Å². The Hall–Kier alpha value is -1.80. The first kappa shape index (κ1) is 11.7. The Morgan fingerprint density at radius 2 is 1.88 bits per heavy atom. The second kappa shape index (κ2) is 5.02.